The Bertz CT molecular complexity index is 443. The number of amides is 1. The van der Waals surface area contributed by atoms with Crippen molar-refractivity contribution in [2.24, 2.45) is 0 Å². The first-order valence-electron chi connectivity index (χ1n) is 5.49. The van der Waals surface area contributed by atoms with Crippen LogP contribution in [0.2, 0.25) is 0 Å². The molecule has 0 saturated carbocycles. The molecule has 0 aromatic carbocycles. The summed E-state index contributed by atoms with van der Waals surface area (Å²) in [5, 5.41) is 16.8. The molecule has 2 rings (SSSR count). The molecule has 0 atom stereocenters. The summed E-state index contributed by atoms with van der Waals surface area (Å²) in [5.41, 5.74) is 0. The highest BCUT2D eigenvalue weighted by Gasteiger charge is 2.17. The predicted molar refractivity (Wildman–Crippen MR) is 66.7 cm³/mol. The van der Waals surface area contributed by atoms with E-state index in [0.717, 1.165) is 24.4 Å². The monoisotopic (exact) mass is 271 g/mol. The molecule has 0 unspecified atom stereocenters. The Morgan fingerprint density at radius 2 is 2.33 bits per heavy atom. The minimum atomic E-state index is -0.499. The molecule has 1 amide bonds. The van der Waals surface area contributed by atoms with E-state index in [-0.39, 0.29) is 17.5 Å². The number of nitrogens with one attached hydrogen (secondary N) is 2. The molecule has 0 spiro atoms. The second-order valence-corrected chi connectivity index (χ2v) is 4.75. The molecule has 1 aliphatic heterocycles. The first-order valence-corrected chi connectivity index (χ1v) is 6.31. The largest absolute Gasteiger partial charge is 0.352 e. The standard InChI is InChI=1S/C9H13N5O3S/c15-7(13-3-1-10-2-4-13)5-11-9-12-6-8(18-9)14(16)17/h6,10H,1-5H2,(H,11,12). The Morgan fingerprint density at radius 3 is 2.94 bits per heavy atom. The van der Waals surface area contributed by atoms with Gasteiger partial charge in [0.05, 0.1) is 11.5 Å². The van der Waals surface area contributed by atoms with E-state index in [9.17, 15) is 14.9 Å². The van der Waals surface area contributed by atoms with Crippen molar-refractivity contribution in [1.29, 1.82) is 0 Å². The third-order valence-electron chi connectivity index (χ3n) is 2.53. The van der Waals surface area contributed by atoms with Gasteiger partial charge in [0, 0.05) is 26.2 Å². The first-order chi connectivity index (χ1) is 8.66. The number of nitro groups is 1. The van der Waals surface area contributed by atoms with Crippen LogP contribution in [0.4, 0.5) is 10.1 Å². The summed E-state index contributed by atoms with van der Waals surface area (Å²) >= 11 is 0.925. The second-order valence-electron chi connectivity index (χ2n) is 3.75. The van der Waals surface area contributed by atoms with Gasteiger partial charge in [0.2, 0.25) is 5.91 Å². The van der Waals surface area contributed by atoms with Crippen molar-refractivity contribution in [1.82, 2.24) is 15.2 Å². The number of piperazine rings is 1. The lowest BCUT2D eigenvalue weighted by Crippen LogP contribution is -2.48. The van der Waals surface area contributed by atoms with Crippen LogP contribution < -0.4 is 10.6 Å². The third kappa shape index (κ3) is 3.14. The SMILES string of the molecule is O=C(CNc1ncc([N+](=O)[O-])s1)N1CCNCC1. The minimum absolute atomic E-state index is 0.0191. The number of hydrogen-bond donors (Lipinski definition) is 2. The zero-order valence-corrected chi connectivity index (χ0v) is 10.4. The van der Waals surface area contributed by atoms with Crippen LogP contribution in [0.3, 0.4) is 0 Å². The molecule has 8 nitrogen and oxygen atoms in total. The molecule has 18 heavy (non-hydrogen) atoms. The number of rotatable bonds is 4. The zero-order valence-electron chi connectivity index (χ0n) is 9.59. The molecule has 2 heterocycles. The summed E-state index contributed by atoms with van der Waals surface area (Å²) in [7, 11) is 0. The molecule has 1 aromatic rings. The highest BCUT2D eigenvalue weighted by Crippen LogP contribution is 2.24. The van der Waals surface area contributed by atoms with Crippen LogP contribution >= 0.6 is 11.3 Å². The number of aromatic nitrogens is 1. The van der Waals surface area contributed by atoms with Crippen LogP contribution in [0.1, 0.15) is 0 Å². The predicted octanol–water partition coefficient (Wildman–Crippen LogP) is -0.105. The molecule has 1 aliphatic rings. The molecule has 1 fully saturated rings. The van der Waals surface area contributed by atoms with Crippen LogP contribution in [0, 0.1) is 10.1 Å². The quantitative estimate of drug-likeness (QED) is 0.585. The number of anilines is 1. The molecule has 1 aromatic heterocycles. The van der Waals surface area contributed by atoms with E-state index in [4.69, 9.17) is 0 Å². The van der Waals surface area contributed by atoms with E-state index in [0.29, 0.717) is 18.2 Å². The molecular formula is C9H13N5O3S. The highest BCUT2D eigenvalue weighted by molar-refractivity contribution is 7.18. The summed E-state index contributed by atoms with van der Waals surface area (Å²) in [4.78, 5) is 27.4. The van der Waals surface area contributed by atoms with Crippen molar-refractivity contribution in [3.63, 3.8) is 0 Å². The third-order valence-corrected chi connectivity index (χ3v) is 3.44. The maximum atomic E-state index is 11.8. The van der Waals surface area contributed by atoms with E-state index >= 15 is 0 Å². The number of nitrogens with zero attached hydrogens (tertiary/aromatic N) is 3. The van der Waals surface area contributed by atoms with E-state index in [1.807, 2.05) is 0 Å². The summed E-state index contributed by atoms with van der Waals surface area (Å²) in [5.74, 6) is -0.0191. The van der Waals surface area contributed by atoms with Gasteiger partial charge in [0.1, 0.15) is 6.20 Å². The number of thiazole rings is 1. The Balaban J connectivity index is 1.82. The Labute approximate surface area is 107 Å². The maximum Gasteiger partial charge on any atom is 0.345 e. The van der Waals surface area contributed by atoms with Crippen LogP contribution in [-0.2, 0) is 4.79 Å². The number of carbonyl (C=O) groups excluding carboxylic acids is 1. The van der Waals surface area contributed by atoms with Gasteiger partial charge in [0.25, 0.3) is 0 Å². The van der Waals surface area contributed by atoms with Gasteiger partial charge in [-0.15, -0.1) is 0 Å². The van der Waals surface area contributed by atoms with Crippen molar-refractivity contribution in [3.8, 4) is 0 Å². The van der Waals surface area contributed by atoms with Crippen LogP contribution in [0.15, 0.2) is 6.20 Å². The van der Waals surface area contributed by atoms with Crippen LogP contribution in [-0.4, -0.2) is 53.4 Å². The lowest BCUT2D eigenvalue weighted by Gasteiger charge is -2.27. The second kappa shape index (κ2) is 5.74. The van der Waals surface area contributed by atoms with Crippen molar-refractivity contribution in [2.45, 2.75) is 0 Å². The molecule has 0 bridgehead atoms. The first kappa shape index (κ1) is 12.7. The van der Waals surface area contributed by atoms with Gasteiger partial charge in [-0.3, -0.25) is 14.9 Å². The van der Waals surface area contributed by atoms with E-state index < -0.39 is 4.92 Å². The van der Waals surface area contributed by atoms with E-state index in [2.05, 4.69) is 15.6 Å². The summed E-state index contributed by atoms with van der Waals surface area (Å²) < 4.78 is 0. The highest BCUT2D eigenvalue weighted by atomic mass is 32.1. The summed E-state index contributed by atoms with van der Waals surface area (Å²) in [6.07, 6.45) is 1.18. The number of hydrogen-bond acceptors (Lipinski definition) is 7. The molecule has 9 heteroatoms. The maximum absolute atomic E-state index is 11.8. The fraction of sp³-hybridized carbons (Fsp3) is 0.556. The Kier molecular flexibility index (Phi) is 4.05. The number of carbonyl (C=O) groups is 1. The minimum Gasteiger partial charge on any atom is -0.352 e. The molecule has 0 aliphatic carbocycles. The Hall–Kier alpha value is -1.74. The fourth-order valence-corrected chi connectivity index (χ4v) is 2.24. The smallest absolute Gasteiger partial charge is 0.345 e. The van der Waals surface area contributed by atoms with Crippen molar-refractivity contribution in [2.75, 3.05) is 38.0 Å². The van der Waals surface area contributed by atoms with Crippen molar-refractivity contribution in [3.05, 3.63) is 16.3 Å². The lowest BCUT2D eigenvalue weighted by atomic mass is 10.3. The van der Waals surface area contributed by atoms with Crippen molar-refractivity contribution < 1.29 is 9.72 Å². The fourth-order valence-electron chi connectivity index (χ4n) is 1.61. The van der Waals surface area contributed by atoms with Crippen molar-refractivity contribution >= 4 is 27.4 Å². The zero-order chi connectivity index (χ0) is 13.0. The lowest BCUT2D eigenvalue weighted by molar-refractivity contribution is -0.380. The average Bonchev–Trinajstić information content (AvgIpc) is 2.86. The van der Waals surface area contributed by atoms with Gasteiger partial charge < -0.3 is 15.5 Å². The molecule has 1 saturated heterocycles. The Morgan fingerprint density at radius 1 is 1.61 bits per heavy atom. The van der Waals surface area contributed by atoms with E-state index in [1.165, 1.54) is 6.20 Å². The van der Waals surface area contributed by atoms with Gasteiger partial charge in [-0.2, -0.15) is 0 Å². The van der Waals surface area contributed by atoms with Gasteiger partial charge in [-0.1, -0.05) is 0 Å². The van der Waals surface area contributed by atoms with Crippen LogP contribution in [0.5, 0.6) is 0 Å². The van der Waals surface area contributed by atoms with Gasteiger partial charge in [0.15, 0.2) is 5.13 Å². The van der Waals surface area contributed by atoms with Gasteiger partial charge in [-0.05, 0) is 11.3 Å². The molecule has 2 N–H and O–H groups in total. The summed E-state index contributed by atoms with van der Waals surface area (Å²) in [6.45, 7) is 3.10. The topological polar surface area (TPSA) is 100 Å². The molecular weight excluding hydrogens is 258 g/mol. The molecule has 98 valence electrons. The van der Waals surface area contributed by atoms with Gasteiger partial charge in [-0.25, -0.2) is 4.98 Å². The summed E-state index contributed by atoms with van der Waals surface area (Å²) in [6, 6.07) is 0. The average molecular weight is 271 g/mol. The molecule has 0 radical (unpaired) electrons. The normalized spacial score (nSPS) is 15.4. The van der Waals surface area contributed by atoms with Gasteiger partial charge >= 0.3 is 5.00 Å². The van der Waals surface area contributed by atoms with E-state index in [1.54, 1.807) is 4.90 Å². The van der Waals surface area contributed by atoms with Crippen LogP contribution in [0.25, 0.3) is 0 Å².